The van der Waals surface area contributed by atoms with Gasteiger partial charge in [-0.15, -0.1) is 12.4 Å². The fraction of sp³-hybridized carbons (Fsp3) is 0.444. The Bertz CT molecular complexity index is 745. The molecule has 1 aliphatic carbocycles. The summed E-state index contributed by atoms with van der Waals surface area (Å²) in [6.07, 6.45) is 2.25. The summed E-state index contributed by atoms with van der Waals surface area (Å²) in [7, 11) is 1.65. The molecule has 4 rings (SSSR count). The van der Waals surface area contributed by atoms with Crippen LogP contribution in [0.4, 0.5) is 0 Å². The van der Waals surface area contributed by atoms with Gasteiger partial charge in [-0.05, 0) is 18.9 Å². The molecule has 7 heteroatoms. The summed E-state index contributed by atoms with van der Waals surface area (Å²) in [5.74, 6) is 2.00. The number of carbonyl (C=O) groups excluding carboxylic acids is 1. The summed E-state index contributed by atoms with van der Waals surface area (Å²) in [5.41, 5.74) is 1.41. The number of nitrogens with zero attached hydrogens (tertiary/aromatic N) is 2. The van der Waals surface area contributed by atoms with Crippen molar-refractivity contribution in [1.82, 2.24) is 15.4 Å². The van der Waals surface area contributed by atoms with Crippen LogP contribution in [0.15, 0.2) is 34.9 Å². The third kappa shape index (κ3) is 3.50. The van der Waals surface area contributed by atoms with Crippen molar-refractivity contribution in [3.63, 3.8) is 0 Å². The van der Waals surface area contributed by atoms with Crippen molar-refractivity contribution in [2.24, 2.45) is 0 Å². The number of para-hydroxylation sites is 1. The number of amides is 1. The van der Waals surface area contributed by atoms with Crippen molar-refractivity contribution in [1.29, 1.82) is 0 Å². The molecular weight excluding hydrogens is 342 g/mol. The summed E-state index contributed by atoms with van der Waals surface area (Å²) in [6.45, 7) is 2.09. The molecule has 6 nitrogen and oxygen atoms in total. The van der Waals surface area contributed by atoms with E-state index < -0.39 is 0 Å². The molecule has 1 unspecified atom stereocenters. The number of piperazine rings is 1. The Morgan fingerprint density at radius 3 is 2.92 bits per heavy atom. The van der Waals surface area contributed by atoms with Crippen LogP contribution in [0.25, 0.3) is 0 Å². The van der Waals surface area contributed by atoms with Crippen LogP contribution in [-0.2, 0) is 0 Å². The molecule has 1 saturated heterocycles. The van der Waals surface area contributed by atoms with Crippen LogP contribution in [0.5, 0.6) is 5.75 Å². The number of carbonyl (C=O) groups is 1. The van der Waals surface area contributed by atoms with Crippen LogP contribution >= 0.6 is 12.4 Å². The topological polar surface area (TPSA) is 67.6 Å². The number of hydrogen-bond acceptors (Lipinski definition) is 5. The smallest absolute Gasteiger partial charge is 0.276 e. The third-order valence-electron chi connectivity index (χ3n) is 4.73. The van der Waals surface area contributed by atoms with Gasteiger partial charge in [0, 0.05) is 37.2 Å². The summed E-state index contributed by atoms with van der Waals surface area (Å²) in [4.78, 5) is 14.8. The minimum Gasteiger partial charge on any atom is -0.496 e. The lowest BCUT2D eigenvalue weighted by Crippen LogP contribution is -2.48. The second-order valence-electron chi connectivity index (χ2n) is 6.35. The van der Waals surface area contributed by atoms with E-state index in [1.54, 1.807) is 13.2 Å². The number of methoxy groups -OCH3 is 1. The average molecular weight is 364 g/mol. The molecule has 2 aliphatic rings. The standard InChI is InChI=1S/C18H21N3O3.ClH/c1-23-16-5-3-2-4-13(16)15-11-19-8-9-21(15)18(22)14-10-17(24-20-14)12-6-7-12;/h2-5,10,12,15,19H,6-9,11H2,1H3;1H. The first-order valence-corrected chi connectivity index (χ1v) is 8.39. The van der Waals surface area contributed by atoms with E-state index in [1.807, 2.05) is 29.2 Å². The Morgan fingerprint density at radius 1 is 1.36 bits per heavy atom. The van der Waals surface area contributed by atoms with Crippen LogP contribution < -0.4 is 10.1 Å². The first-order valence-electron chi connectivity index (χ1n) is 8.39. The summed E-state index contributed by atoms with van der Waals surface area (Å²) in [6, 6.07) is 9.56. The van der Waals surface area contributed by atoms with Crippen LogP contribution in [0, 0.1) is 0 Å². The van der Waals surface area contributed by atoms with E-state index >= 15 is 0 Å². The molecule has 2 heterocycles. The van der Waals surface area contributed by atoms with Crippen molar-refractivity contribution >= 4 is 18.3 Å². The van der Waals surface area contributed by atoms with Crippen molar-refractivity contribution < 1.29 is 14.1 Å². The molecule has 1 aliphatic heterocycles. The van der Waals surface area contributed by atoms with Crippen LogP contribution in [-0.4, -0.2) is 42.7 Å². The fourth-order valence-electron chi connectivity index (χ4n) is 3.26. The van der Waals surface area contributed by atoms with Gasteiger partial charge < -0.3 is 19.5 Å². The van der Waals surface area contributed by atoms with Gasteiger partial charge in [-0.3, -0.25) is 4.79 Å². The van der Waals surface area contributed by atoms with E-state index in [0.717, 1.165) is 36.5 Å². The fourth-order valence-corrected chi connectivity index (χ4v) is 3.26. The van der Waals surface area contributed by atoms with Gasteiger partial charge in [-0.25, -0.2) is 0 Å². The number of halogens is 1. The van der Waals surface area contributed by atoms with E-state index in [0.29, 0.717) is 24.7 Å². The zero-order chi connectivity index (χ0) is 16.5. The maximum atomic E-state index is 13.0. The largest absolute Gasteiger partial charge is 0.496 e. The molecule has 0 spiro atoms. The maximum Gasteiger partial charge on any atom is 0.276 e. The van der Waals surface area contributed by atoms with Crippen LogP contribution in [0.3, 0.4) is 0 Å². The van der Waals surface area contributed by atoms with Gasteiger partial charge in [-0.2, -0.15) is 0 Å². The molecule has 25 heavy (non-hydrogen) atoms. The van der Waals surface area contributed by atoms with Crippen molar-refractivity contribution in [2.75, 3.05) is 26.7 Å². The zero-order valence-electron chi connectivity index (χ0n) is 14.1. The molecular formula is C18H22ClN3O3. The zero-order valence-corrected chi connectivity index (χ0v) is 14.9. The van der Waals surface area contributed by atoms with Gasteiger partial charge in [0.05, 0.1) is 13.2 Å². The lowest BCUT2D eigenvalue weighted by atomic mass is 10.0. The van der Waals surface area contributed by atoms with Crippen LogP contribution in [0.1, 0.15) is 46.6 Å². The Hall–Kier alpha value is -2.05. The quantitative estimate of drug-likeness (QED) is 0.904. The van der Waals surface area contributed by atoms with Gasteiger partial charge >= 0.3 is 0 Å². The molecule has 1 atom stereocenters. The lowest BCUT2D eigenvalue weighted by Gasteiger charge is -2.36. The maximum absolute atomic E-state index is 13.0. The molecule has 0 radical (unpaired) electrons. The first kappa shape index (κ1) is 17.8. The molecule has 1 aromatic heterocycles. The molecule has 1 aromatic carbocycles. The lowest BCUT2D eigenvalue weighted by molar-refractivity contribution is 0.0621. The Kier molecular flexibility index (Phi) is 5.30. The van der Waals surface area contributed by atoms with Gasteiger partial charge in [0.15, 0.2) is 5.69 Å². The second kappa shape index (κ2) is 7.45. The second-order valence-corrected chi connectivity index (χ2v) is 6.35. The predicted octanol–water partition coefficient (Wildman–Crippen LogP) is 2.77. The highest BCUT2D eigenvalue weighted by atomic mass is 35.5. The Morgan fingerprint density at radius 2 is 2.16 bits per heavy atom. The highest BCUT2D eigenvalue weighted by Gasteiger charge is 2.34. The highest BCUT2D eigenvalue weighted by Crippen LogP contribution is 2.40. The van der Waals surface area contributed by atoms with E-state index in [-0.39, 0.29) is 24.4 Å². The molecule has 1 amide bonds. The molecule has 1 N–H and O–H groups in total. The van der Waals surface area contributed by atoms with Crippen molar-refractivity contribution in [3.8, 4) is 5.75 Å². The number of hydrogen-bond donors (Lipinski definition) is 1. The van der Waals surface area contributed by atoms with Gasteiger partial charge in [0.2, 0.25) is 0 Å². The first-order chi connectivity index (χ1) is 11.8. The molecule has 134 valence electrons. The van der Waals surface area contributed by atoms with E-state index in [4.69, 9.17) is 9.26 Å². The molecule has 2 fully saturated rings. The average Bonchev–Trinajstić information content (AvgIpc) is 3.38. The van der Waals surface area contributed by atoms with E-state index in [9.17, 15) is 4.79 Å². The monoisotopic (exact) mass is 363 g/mol. The Balaban J connectivity index is 0.00000182. The predicted molar refractivity (Wildman–Crippen MR) is 95.4 cm³/mol. The number of rotatable bonds is 4. The number of ether oxygens (including phenoxy) is 1. The van der Waals surface area contributed by atoms with E-state index in [2.05, 4.69) is 10.5 Å². The Labute approximate surface area is 152 Å². The van der Waals surface area contributed by atoms with Gasteiger partial charge in [0.25, 0.3) is 5.91 Å². The van der Waals surface area contributed by atoms with Gasteiger partial charge in [-0.1, -0.05) is 23.4 Å². The number of benzene rings is 1. The van der Waals surface area contributed by atoms with Gasteiger partial charge in [0.1, 0.15) is 11.5 Å². The summed E-state index contributed by atoms with van der Waals surface area (Å²) < 4.78 is 10.8. The number of nitrogens with one attached hydrogen (secondary N) is 1. The minimum absolute atomic E-state index is 0. The normalized spacial score (nSPS) is 20.0. The summed E-state index contributed by atoms with van der Waals surface area (Å²) >= 11 is 0. The third-order valence-corrected chi connectivity index (χ3v) is 4.73. The minimum atomic E-state index is -0.0805. The number of aromatic nitrogens is 1. The highest BCUT2D eigenvalue weighted by molar-refractivity contribution is 5.92. The van der Waals surface area contributed by atoms with E-state index in [1.165, 1.54) is 0 Å². The molecule has 0 bridgehead atoms. The summed E-state index contributed by atoms with van der Waals surface area (Å²) in [5, 5.41) is 7.37. The molecule has 1 saturated carbocycles. The SMILES string of the molecule is COc1ccccc1C1CNCCN1C(=O)c1cc(C2CC2)on1.Cl. The van der Waals surface area contributed by atoms with Crippen LogP contribution in [0.2, 0.25) is 0 Å². The van der Waals surface area contributed by atoms with Crippen molar-refractivity contribution in [2.45, 2.75) is 24.8 Å². The molecule has 2 aromatic rings. The van der Waals surface area contributed by atoms with Crippen molar-refractivity contribution in [3.05, 3.63) is 47.3 Å².